The molecule has 1 atom stereocenters. The van der Waals surface area contributed by atoms with Crippen LogP contribution in [0.3, 0.4) is 0 Å². The first-order valence-corrected chi connectivity index (χ1v) is 12.7. The second-order valence-corrected chi connectivity index (χ2v) is 9.77. The van der Waals surface area contributed by atoms with Gasteiger partial charge in [0.05, 0.1) is 24.3 Å². The summed E-state index contributed by atoms with van der Waals surface area (Å²) in [5, 5.41) is 4.70. The Morgan fingerprint density at radius 2 is 1.94 bits per heavy atom. The molecule has 0 bridgehead atoms. The molecule has 2 aromatic rings. The predicted octanol–water partition coefficient (Wildman–Crippen LogP) is 4.56. The van der Waals surface area contributed by atoms with Gasteiger partial charge in [-0.05, 0) is 29.3 Å². The average Bonchev–Trinajstić information content (AvgIpc) is 3.49. The highest BCUT2D eigenvalue weighted by Gasteiger charge is 2.41. The fraction of sp³-hybridized carbons (Fsp3) is 0.320. The monoisotopic (exact) mass is 497 g/mol. The molecule has 4 rings (SSSR count). The number of aliphatic imine (C=N–C) groups is 1. The summed E-state index contributed by atoms with van der Waals surface area (Å²) < 4.78 is 10.5. The number of carbonyl (C=O) groups excluding carboxylic acids is 2. The van der Waals surface area contributed by atoms with E-state index in [9.17, 15) is 9.59 Å². The number of methoxy groups -OCH3 is 1. The van der Waals surface area contributed by atoms with E-state index < -0.39 is 12.0 Å². The lowest BCUT2D eigenvalue weighted by atomic mass is 9.99. The van der Waals surface area contributed by atoms with Crippen molar-refractivity contribution in [1.29, 1.82) is 0 Å². The van der Waals surface area contributed by atoms with Crippen LogP contribution in [-0.2, 0) is 25.6 Å². The van der Waals surface area contributed by atoms with Crippen LogP contribution in [-0.4, -0.2) is 54.2 Å². The number of carbonyl (C=O) groups is 2. The Morgan fingerprint density at radius 3 is 2.65 bits per heavy atom. The van der Waals surface area contributed by atoms with Crippen LogP contribution in [0.4, 0.5) is 0 Å². The van der Waals surface area contributed by atoms with Crippen LogP contribution >= 0.6 is 23.1 Å². The van der Waals surface area contributed by atoms with E-state index in [0.717, 1.165) is 21.3 Å². The lowest BCUT2D eigenvalue weighted by Gasteiger charge is -2.35. The van der Waals surface area contributed by atoms with Gasteiger partial charge in [0.15, 0.2) is 5.17 Å². The van der Waals surface area contributed by atoms with Crippen LogP contribution in [0, 0.1) is 0 Å². The van der Waals surface area contributed by atoms with Crippen molar-refractivity contribution in [2.24, 2.45) is 4.99 Å². The van der Waals surface area contributed by atoms with Crippen molar-refractivity contribution in [2.45, 2.75) is 25.9 Å². The Balaban J connectivity index is 1.57. The van der Waals surface area contributed by atoms with Gasteiger partial charge in [-0.2, -0.15) is 0 Å². The van der Waals surface area contributed by atoms with Crippen molar-refractivity contribution < 1.29 is 19.1 Å². The van der Waals surface area contributed by atoms with Gasteiger partial charge in [-0.3, -0.25) is 4.79 Å². The number of ether oxygens (including phenoxy) is 2. The molecule has 9 heteroatoms. The highest BCUT2D eigenvalue weighted by molar-refractivity contribution is 8.16. The average molecular weight is 498 g/mol. The van der Waals surface area contributed by atoms with E-state index >= 15 is 0 Å². The topological polar surface area (TPSA) is 71.4 Å². The molecule has 2 aliphatic heterocycles. The van der Waals surface area contributed by atoms with E-state index in [1.165, 1.54) is 11.8 Å². The SMILES string of the molecule is COCCOC(=O)C1=C(C)N=C2SC=C(CC(=O)N(C)Cc3ccccc3)N2C1c1cccs1. The molecule has 178 valence electrons. The largest absolute Gasteiger partial charge is 0.460 e. The zero-order valence-corrected chi connectivity index (χ0v) is 21.0. The molecule has 0 fully saturated rings. The van der Waals surface area contributed by atoms with Gasteiger partial charge < -0.3 is 19.3 Å². The molecule has 7 nitrogen and oxygen atoms in total. The Morgan fingerprint density at radius 1 is 1.15 bits per heavy atom. The number of hydrogen-bond acceptors (Lipinski definition) is 8. The number of fused-ring (bicyclic) bond motifs is 1. The minimum Gasteiger partial charge on any atom is -0.460 e. The van der Waals surface area contributed by atoms with Crippen molar-refractivity contribution in [3.63, 3.8) is 0 Å². The molecule has 1 aromatic carbocycles. The normalized spacial score (nSPS) is 17.3. The molecule has 2 aliphatic rings. The van der Waals surface area contributed by atoms with Gasteiger partial charge in [-0.15, -0.1) is 11.3 Å². The van der Waals surface area contributed by atoms with Gasteiger partial charge in [-0.1, -0.05) is 48.2 Å². The standard InChI is InChI=1S/C25H27N3O4S2/c1-17-22(24(30)32-12-11-31-3)23(20-10-7-13-33-20)28-19(16-34-25(28)26-17)14-21(29)27(2)15-18-8-5-4-6-9-18/h4-10,13,16,23H,11-12,14-15H2,1-3H3. The number of rotatable bonds is 9. The molecule has 0 saturated carbocycles. The number of hydrogen-bond donors (Lipinski definition) is 0. The molecule has 0 radical (unpaired) electrons. The summed E-state index contributed by atoms with van der Waals surface area (Å²) >= 11 is 3.04. The Labute approximate surface area is 207 Å². The highest BCUT2D eigenvalue weighted by atomic mass is 32.2. The third-order valence-electron chi connectivity index (χ3n) is 5.57. The first kappa shape index (κ1) is 24.3. The molecule has 0 N–H and O–H groups in total. The quantitative estimate of drug-likeness (QED) is 0.374. The zero-order valence-electron chi connectivity index (χ0n) is 19.4. The van der Waals surface area contributed by atoms with E-state index in [-0.39, 0.29) is 18.9 Å². The maximum Gasteiger partial charge on any atom is 0.338 e. The molecule has 1 unspecified atom stereocenters. The number of esters is 1. The number of nitrogens with zero attached hydrogens (tertiary/aromatic N) is 3. The van der Waals surface area contributed by atoms with Gasteiger partial charge in [-0.25, -0.2) is 9.79 Å². The third-order valence-corrected chi connectivity index (χ3v) is 7.39. The molecule has 0 spiro atoms. The summed E-state index contributed by atoms with van der Waals surface area (Å²) in [6, 6.07) is 13.5. The fourth-order valence-corrected chi connectivity index (χ4v) is 5.67. The summed E-state index contributed by atoms with van der Waals surface area (Å²) in [6.45, 7) is 2.85. The molecular weight excluding hydrogens is 470 g/mol. The van der Waals surface area contributed by atoms with E-state index in [1.54, 1.807) is 23.3 Å². The molecule has 0 saturated heterocycles. The summed E-state index contributed by atoms with van der Waals surface area (Å²) in [5.41, 5.74) is 3.01. The maximum atomic E-state index is 13.1. The second kappa shape index (κ2) is 11.0. The van der Waals surface area contributed by atoms with Crippen LogP contribution < -0.4 is 0 Å². The molecular formula is C25H27N3O4S2. The van der Waals surface area contributed by atoms with Gasteiger partial charge in [0.1, 0.15) is 12.6 Å². The summed E-state index contributed by atoms with van der Waals surface area (Å²) in [5.74, 6) is -0.420. The van der Waals surface area contributed by atoms with Gasteiger partial charge in [0, 0.05) is 31.3 Å². The van der Waals surface area contributed by atoms with Crippen molar-refractivity contribution in [2.75, 3.05) is 27.4 Å². The smallest absolute Gasteiger partial charge is 0.338 e. The van der Waals surface area contributed by atoms with E-state index in [1.807, 2.05) is 72.1 Å². The molecule has 3 heterocycles. The Bertz CT molecular complexity index is 1130. The van der Waals surface area contributed by atoms with E-state index in [2.05, 4.69) is 4.99 Å². The van der Waals surface area contributed by atoms with E-state index in [0.29, 0.717) is 24.4 Å². The number of amides is 1. The Hall–Kier alpha value is -2.88. The number of thioether (sulfide) groups is 1. The van der Waals surface area contributed by atoms with Crippen LogP contribution in [0.25, 0.3) is 0 Å². The predicted molar refractivity (Wildman–Crippen MR) is 135 cm³/mol. The van der Waals surface area contributed by atoms with E-state index in [4.69, 9.17) is 9.47 Å². The molecule has 1 amide bonds. The van der Waals surface area contributed by atoms with Gasteiger partial charge in [0.2, 0.25) is 5.91 Å². The second-order valence-electron chi connectivity index (χ2n) is 7.95. The van der Waals surface area contributed by atoms with Crippen LogP contribution in [0.15, 0.2) is 75.2 Å². The van der Waals surface area contributed by atoms with Crippen molar-refractivity contribution in [1.82, 2.24) is 9.80 Å². The lowest BCUT2D eigenvalue weighted by Crippen LogP contribution is -2.38. The lowest BCUT2D eigenvalue weighted by molar-refractivity contribution is -0.141. The number of thiophene rings is 1. The number of benzene rings is 1. The van der Waals surface area contributed by atoms with Crippen LogP contribution in [0.2, 0.25) is 0 Å². The minimum absolute atomic E-state index is 0.00243. The van der Waals surface area contributed by atoms with Crippen molar-refractivity contribution in [3.05, 3.63) is 80.7 Å². The summed E-state index contributed by atoms with van der Waals surface area (Å²) in [4.78, 5) is 35.6. The van der Waals surface area contributed by atoms with Crippen LogP contribution in [0.1, 0.15) is 29.8 Å². The molecule has 1 aromatic heterocycles. The van der Waals surface area contributed by atoms with Crippen molar-refractivity contribution >= 4 is 40.1 Å². The number of allylic oxidation sites excluding steroid dienone is 1. The van der Waals surface area contributed by atoms with Gasteiger partial charge in [0.25, 0.3) is 0 Å². The zero-order chi connectivity index (χ0) is 24.1. The summed E-state index contributed by atoms with van der Waals surface area (Å²) in [6.07, 6.45) is 0.211. The molecule has 34 heavy (non-hydrogen) atoms. The summed E-state index contributed by atoms with van der Waals surface area (Å²) in [7, 11) is 3.37. The minimum atomic E-state index is -0.417. The molecule has 0 aliphatic carbocycles. The fourth-order valence-electron chi connectivity index (χ4n) is 3.88. The first-order valence-electron chi connectivity index (χ1n) is 10.9. The van der Waals surface area contributed by atoms with Crippen molar-refractivity contribution in [3.8, 4) is 0 Å². The van der Waals surface area contributed by atoms with Gasteiger partial charge >= 0.3 is 5.97 Å². The first-order chi connectivity index (χ1) is 16.5. The third kappa shape index (κ3) is 5.27. The number of amidine groups is 1. The highest BCUT2D eigenvalue weighted by Crippen LogP contribution is 2.46. The maximum absolute atomic E-state index is 13.1. The Kier molecular flexibility index (Phi) is 7.87. The van der Waals surface area contributed by atoms with Crippen LogP contribution in [0.5, 0.6) is 0 Å².